The van der Waals surface area contributed by atoms with E-state index in [4.69, 9.17) is 4.42 Å². The number of fused-ring (bicyclic) bond motifs is 1. The predicted molar refractivity (Wildman–Crippen MR) is 98.5 cm³/mol. The highest BCUT2D eigenvalue weighted by Gasteiger charge is 2.10. The van der Waals surface area contributed by atoms with Crippen molar-refractivity contribution in [3.63, 3.8) is 0 Å². The Balaban J connectivity index is 1.55. The molecule has 24 heavy (non-hydrogen) atoms. The third-order valence-corrected chi connectivity index (χ3v) is 4.80. The maximum Gasteiger partial charge on any atom is 0.257 e. The van der Waals surface area contributed by atoms with Crippen molar-refractivity contribution >= 4 is 34.5 Å². The smallest absolute Gasteiger partial charge is 0.257 e. The van der Waals surface area contributed by atoms with Crippen LogP contribution >= 0.6 is 11.8 Å². The van der Waals surface area contributed by atoms with E-state index in [0.29, 0.717) is 11.1 Å². The zero-order valence-corrected chi connectivity index (χ0v) is 14.6. The number of amides is 1. The average molecular weight is 340 g/mol. The lowest BCUT2D eigenvalue weighted by Gasteiger charge is -2.10. The molecule has 1 N–H and O–H groups in total. The fraction of sp³-hybridized carbons (Fsp3) is 0.263. The third kappa shape index (κ3) is 3.97. The molecule has 0 aliphatic carbocycles. The van der Waals surface area contributed by atoms with Crippen molar-refractivity contribution in [1.82, 2.24) is 4.98 Å². The van der Waals surface area contributed by atoms with Gasteiger partial charge in [0.05, 0.1) is 5.75 Å². The van der Waals surface area contributed by atoms with Gasteiger partial charge in [0.25, 0.3) is 5.22 Å². The molecule has 4 nitrogen and oxygen atoms in total. The number of carbonyl (C=O) groups excluding carboxylic acids is 1. The quantitative estimate of drug-likeness (QED) is 0.636. The number of para-hydroxylation sites is 2. The number of nitrogens with zero attached hydrogens (tertiary/aromatic N) is 1. The Morgan fingerprint density at radius 3 is 2.67 bits per heavy atom. The monoisotopic (exact) mass is 340 g/mol. The lowest BCUT2D eigenvalue weighted by atomic mass is 9.99. The number of thioether (sulfide) groups is 1. The second-order valence-electron chi connectivity index (χ2n) is 5.72. The number of hydrogen-bond acceptors (Lipinski definition) is 4. The first-order chi connectivity index (χ1) is 11.7. The van der Waals surface area contributed by atoms with Gasteiger partial charge >= 0.3 is 0 Å². The van der Waals surface area contributed by atoms with Gasteiger partial charge in [0.15, 0.2) is 5.58 Å². The molecule has 1 aromatic heterocycles. The highest BCUT2D eigenvalue weighted by molar-refractivity contribution is 7.99. The largest absolute Gasteiger partial charge is 0.431 e. The van der Waals surface area contributed by atoms with E-state index < -0.39 is 0 Å². The minimum Gasteiger partial charge on any atom is -0.431 e. The summed E-state index contributed by atoms with van der Waals surface area (Å²) in [5.74, 6) is 0.725. The van der Waals surface area contributed by atoms with Gasteiger partial charge in [-0.15, -0.1) is 0 Å². The number of hydrogen-bond donors (Lipinski definition) is 1. The Kier molecular flexibility index (Phi) is 5.20. The topological polar surface area (TPSA) is 55.1 Å². The van der Waals surface area contributed by atoms with Crippen molar-refractivity contribution in [3.8, 4) is 0 Å². The van der Waals surface area contributed by atoms with E-state index in [1.807, 2.05) is 36.4 Å². The number of carbonyl (C=O) groups is 1. The van der Waals surface area contributed by atoms with Gasteiger partial charge in [-0.2, -0.15) is 0 Å². The minimum atomic E-state index is -0.0708. The van der Waals surface area contributed by atoms with Crippen molar-refractivity contribution in [2.24, 2.45) is 0 Å². The zero-order valence-electron chi connectivity index (χ0n) is 13.8. The molecule has 3 aromatic rings. The summed E-state index contributed by atoms with van der Waals surface area (Å²) in [5, 5.41) is 3.41. The Labute approximate surface area is 145 Å². The molecule has 0 bridgehead atoms. The van der Waals surface area contributed by atoms with Crippen LogP contribution in [0.2, 0.25) is 0 Å². The van der Waals surface area contributed by atoms with E-state index in [1.165, 1.54) is 17.3 Å². The van der Waals surface area contributed by atoms with E-state index in [0.717, 1.165) is 23.2 Å². The Hall–Kier alpha value is -2.27. The van der Waals surface area contributed by atoms with Crippen LogP contribution in [0.3, 0.4) is 0 Å². The molecule has 1 heterocycles. The Morgan fingerprint density at radius 2 is 1.96 bits per heavy atom. The molecule has 1 amide bonds. The normalized spacial score (nSPS) is 12.2. The van der Waals surface area contributed by atoms with Gasteiger partial charge in [-0.3, -0.25) is 4.79 Å². The van der Waals surface area contributed by atoms with Gasteiger partial charge < -0.3 is 9.73 Å². The van der Waals surface area contributed by atoms with Crippen LogP contribution < -0.4 is 5.32 Å². The molecule has 0 aliphatic heterocycles. The molecular weight excluding hydrogens is 320 g/mol. The summed E-state index contributed by atoms with van der Waals surface area (Å²) < 4.78 is 5.59. The Bertz CT molecular complexity index is 794. The SMILES string of the molecule is CC[C@H](C)c1ccc(NC(=O)CSc2nc3ccccc3o2)cc1. The van der Waals surface area contributed by atoms with Gasteiger partial charge in [0.1, 0.15) is 5.52 Å². The molecule has 0 aliphatic rings. The summed E-state index contributed by atoms with van der Waals surface area (Å²) in [7, 11) is 0. The fourth-order valence-corrected chi connectivity index (χ4v) is 3.01. The highest BCUT2D eigenvalue weighted by Crippen LogP contribution is 2.24. The summed E-state index contributed by atoms with van der Waals surface area (Å²) in [4.78, 5) is 16.4. The van der Waals surface area contributed by atoms with Crippen LogP contribution in [0, 0.1) is 0 Å². The van der Waals surface area contributed by atoms with Crippen LogP contribution in [0.15, 0.2) is 58.2 Å². The van der Waals surface area contributed by atoms with Crippen molar-refractivity contribution in [2.75, 3.05) is 11.1 Å². The summed E-state index contributed by atoms with van der Waals surface area (Å²) >= 11 is 1.30. The fourth-order valence-electron chi connectivity index (χ4n) is 2.37. The lowest BCUT2D eigenvalue weighted by Crippen LogP contribution is -2.14. The Morgan fingerprint density at radius 1 is 1.21 bits per heavy atom. The molecule has 0 unspecified atom stereocenters. The van der Waals surface area contributed by atoms with Crippen LogP contribution in [0.4, 0.5) is 5.69 Å². The van der Waals surface area contributed by atoms with E-state index in [-0.39, 0.29) is 11.7 Å². The van der Waals surface area contributed by atoms with Gasteiger partial charge in [0, 0.05) is 5.69 Å². The average Bonchev–Trinajstić information content (AvgIpc) is 3.03. The molecule has 5 heteroatoms. The molecule has 0 saturated carbocycles. The second-order valence-corrected chi connectivity index (χ2v) is 6.64. The van der Waals surface area contributed by atoms with Crippen LogP contribution in [0.1, 0.15) is 31.7 Å². The molecule has 0 fully saturated rings. The number of aromatic nitrogens is 1. The summed E-state index contributed by atoms with van der Waals surface area (Å²) in [6, 6.07) is 15.6. The van der Waals surface area contributed by atoms with Crippen molar-refractivity contribution in [3.05, 3.63) is 54.1 Å². The van der Waals surface area contributed by atoms with Crippen molar-refractivity contribution < 1.29 is 9.21 Å². The molecule has 0 spiro atoms. The molecule has 0 saturated heterocycles. The molecular formula is C19H20N2O2S. The summed E-state index contributed by atoms with van der Waals surface area (Å²) in [6.07, 6.45) is 1.10. The zero-order chi connectivity index (χ0) is 16.9. The first kappa shape index (κ1) is 16.6. The molecule has 3 rings (SSSR count). The van der Waals surface area contributed by atoms with E-state index in [2.05, 4.69) is 36.3 Å². The maximum atomic E-state index is 12.1. The number of benzene rings is 2. The van der Waals surface area contributed by atoms with Crippen LogP contribution in [0.25, 0.3) is 11.1 Å². The van der Waals surface area contributed by atoms with E-state index >= 15 is 0 Å². The first-order valence-corrected chi connectivity index (χ1v) is 9.02. The van der Waals surface area contributed by atoms with Crippen molar-refractivity contribution in [1.29, 1.82) is 0 Å². The number of rotatable bonds is 6. The summed E-state index contributed by atoms with van der Waals surface area (Å²) in [5.41, 5.74) is 3.64. The standard InChI is InChI=1S/C19H20N2O2S/c1-3-13(2)14-8-10-15(11-9-14)20-18(22)12-24-19-21-16-6-4-5-7-17(16)23-19/h4-11,13H,3,12H2,1-2H3,(H,20,22)/t13-/m0/s1. The molecule has 1 atom stereocenters. The molecule has 124 valence electrons. The van der Waals surface area contributed by atoms with Crippen molar-refractivity contribution in [2.45, 2.75) is 31.4 Å². The van der Waals surface area contributed by atoms with Crippen LogP contribution in [0.5, 0.6) is 0 Å². The highest BCUT2D eigenvalue weighted by atomic mass is 32.2. The third-order valence-electron chi connectivity index (χ3n) is 3.98. The number of oxazole rings is 1. The van der Waals surface area contributed by atoms with Crippen LogP contribution in [-0.4, -0.2) is 16.6 Å². The van der Waals surface area contributed by atoms with Crippen LogP contribution in [-0.2, 0) is 4.79 Å². The van der Waals surface area contributed by atoms with E-state index in [9.17, 15) is 4.79 Å². The first-order valence-electron chi connectivity index (χ1n) is 8.04. The molecule has 2 aromatic carbocycles. The van der Waals surface area contributed by atoms with Gasteiger partial charge in [-0.25, -0.2) is 4.98 Å². The predicted octanol–water partition coefficient (Wildman–Crippen LogP) is 5.07. The van der Waals surface area contributed by atoms with Gasteiger partial charge in [0.2, 0.25) is 5.91 Å². The number of nitrogens with one attached hydrogen (secondary N) is 1. The molecule has 0 radical (unpaired) electrons. The van der Waals surface area contributed by atoms with Gasteiger partial charge in [-0.05, 0) is 42.2 Å². The number of anilines is 1. The summed E-state index contributed by atoms with van der Waals surface area (Å²) in [6.45, 7) is 4.37. The van der Waals surface area contributed by atoms with Gasteiger partial charge in [-0.1, -0.05) is 49.9 Å². The second kappa shape index (κ2) is 7.53. The minimum absolute atomic E-state index is 0.0708. The maximum absolute atomic E-state index is 12.1. The van der Waals surface area contributed by atoms with E-state index in [1.54, 1.807) is 0 Å². The lowest BCUT2D eigenvalue weighted by molar-refractivity contribution is -0.113.